The van der Waals surface area contributed by atoms with Crippen LogP contribution >= 0.6 is 0 Å². The standard InChI is InChI=1S/C17H16F2N2O3/c18-16-11-13(3-6-15(16)17(23)24-19)21-9-7-20(8-10-21)12-1-4-14(22)5-2-12/h1-6,11,22H,7-10H2. The second kappa shape index (κ2) is 6.74. The van der Waals surface area contributed by atoms with Crippen LogP contribution in [0.25, 0.3) is 0 Å². The normalized spacial score (nSPS) is 14.6. The number of piperazine rings is 1. The molecule has 3 rings (SSSR count). The summed E-state index contributed by atoms with van der Waals surface area (Å²) in [7, 11) is 0. The summed E-state index contributed by atoms with van der Waals surface area (Å²) in [6.07, 6.45) is 0. The van der Waals surface area contributed by atoms with E-state index in [-0.39, 0.29) is 5.75 Å². The molecule has 24 heavy (non-hydrogen) atoms. The lowest BCUT2D eigenvalue weighted by atomic mass is 10.1. The molecular formula is C17H16F2N2O3. The highest BCUT2D eigenvalue weighted by Gasteiger charge is 2.20. The van der Waals surface area contributed by atoms with Gasteiger partial charge in [0.15, 0.2) is 0 Å². The topological polar surface area (TPSA) is 53.0 Å². The first-order valence-corrected chi connectivity index (χ1v) is 7.50. The van der Waals surface area contributed by atoms with Crippen molar-refractivity contribution < 1.29 is 23.8 Å². The van der Waals surface area contributed by atoms with Gasteiger partial charge in [-0.1, -0.05) is 0 Å². The van der Waals surface area contributed by atoms with E-state index in [0.29, 0.717) is 18.8 Å². The number of halogens is 2. The molecule has 0 aliphatic carbocycles. The minimum atomic E-state index is -1.34. The van der Waals surface area contributed by atoms with Crippen molar-refractivity contribution in [3.63, 3.8) is 0 Å². The molecule has 1 saturated heterocycles. The van der Waals surface area contributed by atoms with E-state index in [1.807, 2.05) is 17.0 Å². The fourth-order valence-electron chi connectivity index (χ4n) is 2.79. The van der Waals surface area contributed by atoms with Crippen LogP contribution in [0.2, 0.25) is 0 Å². The van der Waals surface area contributed by atoms with Crippen molar-refractivity contribution in [1.29, 1.82) is 0 Å². The molecular weight excluding hydrogens is 318 g/mol. The monoisotopic (exact) mass is 334 g/mol. The zero-order chi connectivity index (χ0) is 17.1. The van der Waals surface area contributed by atoms with Crippen LogP contribution in [-0.4, -0.2) is 37.3 Å². The lowest BCUT2D eigenvalue weighted by Gasteiger charge is -2.37. The van der Waals surface area contributed by atoms with Crippen molar-refractivity contribution in [1.82, 2.24) is 0 Å². The third-order valence-electron chi connectivity index (χ3n) is 4.10. The molecule has 1 aliphatic rings. The second-order valence-electron chi connectivity index (χ2n) is 5.52. The second-order valence-corrected chi connectivity index (χ2v) is 5.52. The lowest BCUT2D eigenvalue weighted by Crippen LogP contribution is -2.46. The Balaban J connectivity index is 1.67. The highest BCUT2D eigenvalue weighted by atomic mass is 19.3. The van der Waals surface area contributed by atoms with Gasteiger partial charge in [-0.2, -0.15) is 0 Å². The Hall–Kier alpha value is -2.83. The molecule has 0 amide bonds. The number of benzene rings is 2. The molecule has 2 aromatic carbocycles. The highest BCUT2D eigenvalue weighted by Crippen LogP contribution is 2.24. The maximum Gasteiger partial charge on any atom is 0.382 e. The molecule has 1 fully saturated rings. The fourth-order valence-corrected chi connectivity index (χ4v) is 2.79. The van der Waals surface area contributed by atoms with E-state index < -0.39 is 17.3 Å². The Morgan fingerprint density at radius 2 is 1.50 bits per heavy atom. The number of aromatic hydroxyl groups is 1. The van der Waals surface area contributed by atoms with Gasteiger partial charge in [-0.15, -0.1) is 0 Å². The number of phenolic OH excluding ortho intramolecular Hbond substituents is 1. The molecule has 5 nitrogen and oxygen atoms in total. The summed E-state index contributed by atoms with van der Waals surface area (Å²) in [4.78, 5) is 18.3. The van der Waals surface area contributed by atoms with Gasteiger partial charge in [0.25, 0.3) is 0 Å². The van der Waals surface area contributed by atoms with Crippen molar-refractivity contribution in [2.24, 2.45) is 0 Å². The van der Waals surface area contributed by atoms with E-state index in [2.05, 4.69) is 9.84 Å². The van der Waals surface area contributed by atoms with Gasteiger partial charge in [0, 0.05) is 42.1 Å². The fraction of sp³-hybridized carbons (Fsp3) is 0.235. The first-order chi connectivity index (χ1) is 11.6. The van der Waals surface area contributed by atoms with Gasteiger partial charge in [0.2, 0.25) is 0 Å². The van der Waals surface area contributed by atoms with Crippen LogP contribution < -0.4 is 9.80 Å². The zero-order valence-corrected chi connectivity index (χ0v) is 12.8. The summed E-state index contributed by atoms with van der Waals surface area (Å²) in [5.41, 5.74) is 1.22. The summed E-state index contributed by atoms with van der Waals surface area (Å²) in [5.74, 6) is -1.92. The van der Waals surface area contributed by atoms with Crippen molar-refractivity contribution in [3.05, 3.63) is 53.8 Å². The van der Waals surface area contributed by atoms with E-state index in [0.717, 1.165) is 18.8 Å². The van der Waals surface area contributed by atoms with Crippen LogP contribution in [0.4, 0.5) is 20.3 Å². The molecule has 1 heterocycles. The smallest absolute Gasteiger partial charge is 0.382 e. The predicted molar refractivity (Wildman–Crippen MR) is 85.5 cm³/mol. The van der Waals surface area contributed by atoms with Gasteiger partial charge >= 0.3 is 5.97 Å². The molecule has 0 aromatic heterocycles. The van der Waals surface area contributed by atoms with Crippen molar-refractivity contribution in [2.45, 2.75) is 0 Å². The molecule has 1 aliphatic heterocycles. The van der Waals surface area contributed by atoms with Gasteiger partial charge < -0.3 is 14.9 Å². The van der Waals surface area contributed by atoms with Gasteiger partial charge in [0.1, 0.15) is 11.6 Å². The average Bonchev–Trinajstić information content (AvgIpc) is 2.62. The molecule has 1 N–H and O–H groups in total. The van der Waals surface area contributed by atoms with E-state index in [1.165, 1.54) is 12.1 Å². The number of anilines is 2. The van der Waals surface area contributed by atoms with E-state index in [4.69, 9.17) is 0 Å². The zero-order valence-electron chi connectivity index (χ0n) is 12.8. The third kappa shape index (κ3) is 3.24. The molecule has 0 saturated carbocycles. The maximum absolute atomic E-state index is 13.9. The minimum Gasteiger partial charge on any atom is -0.508 e. The SMILES string of the molecule is O=C(OF)c1ccc(N2CCN(c3ccc(O)cc3)CC2)cc1F. The third-order valence-corrected chi connectivity index (χ3v) is 4.10. The summed E-state index contributed by atoms with van der Waals surface area (Å²) < 4.78 is 25.8. The number of nitrogens with zero attached hydrogens (tertiary/aromatic N) is 2. The van der Waals surface area contributed by atoms with Gasteiger partial charge in [0.05, 0.1) is 5.56 Å². The predicted octanol–water partition coefficient (Wildman–Crippen LogP) is 2.90. The highest BCUT2D eigenvalue weighted by molar-refractivity contribution is 5.89. The quantitative estimate of drug-likeness (QED) is 0.935. The summed E-state index contributed by atoms with van der Waals surface area (Å²) in [6.45, 7) is 2.82. The van der Waals surface area contributed by atoms with E-state index >= 15 is 0 Å². The van der Waals surface area contributed by atoms with Gasteiger partial charge in [-0.3, -0.25) is 0 Å². The van der Waals surface area contributed by atoms with Crippen LogP contribution in [0.3, 0.4) is 0 Å². The summed E-state index contributed by atoms with van der Waals surface area (Å²) in [5, 5.41) is 9.33. The van der Waals surface area contributed by atoms with Crippen LogP contribution in [0.5, 0.6) is 5.75 Å². The first kappa shape index (κ1) is 16.0. The molecule has 2 aromatic rings. The molecule has 126 valence electrons. The van der Waals surface area contributed by atoms with E-state index in [9.17, 15) is 18.8 Å². The number of carbonyl (C=O) groups excluding carboxylic acids is 1. The van der Waals surface area contributed by atoms with Crippen LogP contribution in [-0.2, 0) is 4.94 Å². The Morgan fingerprint density at radius 1 is 0.958 bits per heavy atom. The van der Waals surface area contributed by atoms with Crippen LogP contribution in [0.1, 0.15) is 10.4 Å². The Morgan fingerprint density at radius 3 is 2.04 bits per heavy atom. The number of phenols is 1. The molecule has 7 heteroatoms. The Labute approximate surface area is 137 Å². The van der Waals surface area contributed by atoms with Crippen molar-refractivity contribution in [2.75, 3.05) is 36.0 Å². The Bertz CT molecular complexity index is 729. The average molecular weight is 334 g/mol. The van der Waals surface area contributed by atoms with Gasteiger partial charge in [-0.25, -0.2) is 14.1 Å². The molecule has 0 radical (unpaired) electrons. The van der Waals surface area contributed by atoms with Crippen LogP contribution in [0.15, 0.2) is 42.5 Å². The minimum absolute atomic E-state index is 0.222. The van der Waals surface area contributed by atoms with E-state index in [1.54, 1.807) is 18.2 Å². The number of hydrogen-bond donors (Lipinski definition) is 1. The lowest BCUT2D eigenvalue weighted by molar-refractivity contribution is -0.0791. The Kier molecular flexibility index (Phi) is 4.50. The molecule has 0 unspecified atom stereocenters. The van der Waals surface area contributed by atoms with Crippen molar-refractivity contribution in [3.8, 4) is 5.75 Å². The van der Waals surface area contributed by atoms with Crippen LogP contribution in [0, 0.1) is 5.82 Å². The number of rotatable bonds is 3. The number of hydrogen-bond acceptors (Lipinski definition) is 5. The maximum atomic E-state index is 13.9. The molecule has 0 spiro atoms. The largest absolute Gasteiger partial charge is 0.508 e. The first-order valence-electron chi connectivity index (χ1n) is 7.50. The summed E-state index contributed by atoms with van der Waals surface area (Å²) in [6, 6.07) is 11.0. The van der Waals surface area contributed by atoms with Gasteiger partial charge in [-0.05, 0) is 42.5 Å². The summed E-state index contributed by atoms with van der Waals surface area (Å²) >= 11 is 0. The number of carbonyl (C=O) groups is 1. The molecule has 0 atom stereocenters. The molecule has 0 bridgehead atoms. The van der Waals surface area contributed by atoms with Crippen molar-refractivity contribution >= 4 is 17.3 Å².